The Labute approximate surface area is 151 Å². The average molecular weight is 358 g/mol. The van der Waals surface area contributed by atoms with Gasteiger partial charge >= 0.3 is 0 Å². The summed E-state index contributed by atoms with van der Waals surface area (Å²) in [7, 11) is 0. The largest absolute Gasteiger partial charge is 0.386 e. The Morgan fingerprint density at radius 2 is 2.31 bits per heavy atom. The van der Waals surface area contributed by atoms with Crippen LogP contribution in [0.25, 0.3) is 0 Å². The van der Waals surface area contributed by atoms with E-state index in [-0.39, 0.29) is 17.9 Å². The van der Waals surface area contributed by atoms with Crippen LogP contribution in [0.5, 0.6) is 0 Å². The zero-order valence-electron chi connectivity index (χ0n) is 14.5. The molecule has 2 atom stereocenters. The third-order valence-electron chi connectivity index (χ3n) is 5.10. The van der Waals surface area contributed by atoms with E-state index in [4.69, 9.17) is 9.57 Å². The van der Waals surface area contributed by atoms with E-state index in [1.165, 1.54) is 0 Å². The van der Waals surface area contributed by atoms with E-state index < -0.39 is 5.60 Å². The summed E-state index contributed by atoms with van der Waals surface area (Å²) in [5, 5.41) is 6.86. The summed E-state index contributed by atoms with van der Waals surface area (Å²) >= 11 is 0. The maximum Gasteiger partial charge on any atom is 0.272 e. The second-order valence-electron chi connectivity index (χ2n) is 7.03. The molecule has 2 fully saturated rings. The maximum absolute atomic E-state index is 12.5. The number of nitrogens with one attached hydrogen (secondary N) is 1. The van der Waals surface area contributed by atoms with Gasteiger partial charge in [-0.15, -0.1) is 0 Å². The predicted octanol–water partition coefficient (Wildman–Crippen LogP) is 0.738. The molecule has 0 bridgehead atoms. The van der Waals surface area contributed by atoms with E-state index in [9.17, 15) is 9.59 Å². The van der Waals surface area contributed by atoms with Crippen LogP contribution >= 0.6 is 0 Å². The molecule has 0 unspecified atom stereocenters. The van der Waals surface area contributed by atoms with Crippen molar-refractivity contribution in [2.75, 3.05) is 26.2 Å². The predicted molar refractivity (Wildman–Crippen MR) is 92.6 cm³/mol. The lowest BCUT2D eigenvalue weighted by Crippen LogP contribution is -2.40. The van der Waals surface area contributed by atoms with E-state index in [1.807, 2.05) is 0 Å². The molecule has 138 valence electrons. The summed E-state index contributed by atoms with van der Waals surface area (Å²) in [5.41, 5.74) is 0.203. The third-order valence-corrected chi connectivity index (χ3v) is 5.10. The standard InChI is InChI=1S/C18H22N4O4/c23-16(20-11-13-4-3-9-25-13)15-10-18(26-21-15)6-8-22(12-18)17(24)14-5-1-2-7-19-14/h1-2,5,7,13H,3-4,6,8-12H2,(H,20,23)/t13-,18-/m1/s1. The van der Waals surface area contributed by atoms with Gasteiger partial charge in [-0.1, -0.05) is 11.2 Å². The first-order chi connectivity index (χ1) is 12.7. The van der Waals surface area contributed by atoms with Crippen LogP contribution in [0.15, 0.2) is 29.6 Å². The maximum atomic E-state index is 12.5. The minimum absolute atomic E-state index is 0.0915. The number of aromatic nitrogens is 1. The number of hydrogen-bond acceptors (Lipinski definition) is 6. The highest BCUT2D eigenvalue weighted by Gasteiger charge is 2.48. The van der Waals surface area contributed by atoms with Crippen molar-refractivity contribution in [1.82, 2.24) is 15.2 Å². The fourth-order valence-corrected chi connectivity index (χ4v) is 3.65. The topological polar surface area (TPSA) is 93.1 Å². The van der Waals surface area contributed by atoms with Gasteiger partial charge in [-0.25, -0.2) is 0 Å². The van der Waals surface area contributed by atoms with Crippen LogP contribution < -0.4 is 5.32 Å². The van der Waals surface area contributed by atoms with Gasteiger partial charge in [-0.05, 0) is 25.0 Å². The van der Waals surface area contributed by atoms with Crippen molar-refractivity contribution in [3.63, 3.8) is 0 Å². The van der Waals surface area contributed by atoms with Gasteiger partial charge in [0.1, 0.15) is 11.4 Å². The lowest BCUT2D eigenvalue weighted by Gasteiger charge is -2.21. The Balaban J connectivity index is 1.31. The Hall–Kier alpha value is -2.48. The molecular weight excluding hydrogens is 336 g/mol. The van der Waals surface area contributed by atoms with E-state index >= 15 is 0 Å². The molecular formula is C18H22N4O4. The number of amides is 2. The normalized spacial score (nSPS) is 27.5. The summed E-state index contributed by atoms with van der Waals surface area (Å²) in [6.45, 7) is 2.23. The molecule has 8 heteroatoms. The summed E-state index contributed by atoms with van der Waals surface area (Å²) in [6, 6.07) is 5.26. The van der Waals surface area contributed by atoms with Gasteiger partial charge in [0.15, 0.2) is 5.60 Å². The van der Waals surface area contributed by atoms with Crippen LogP contribution in [0, 0.1) is 0 Å². The number of likely N-dealkylation sites (tertiary alicyclic amines) is 1. The third kappa shape index (κ3) is 3.41. The average Bonchev–Trinajstić information content (AvgIpc) is 3.42. The van der Waals surface area contributed by atoms with Crippen LogP contribution in [-0.4, -0.2) is 65.4 Å². The van der Waals surface area contributed by atoms with Crippen molar-refractivity contribution in [2.24, 2.45) is 5.16 Å². The lowest BCUT2D eigenvalue weighted by molar-refractivity contribution is -0.115. The van der Waals surface area contributed by atoms with Gasteiger partial charge in [-0.2, -0.15) is 0 Å². The first kappa shape index (κ1) is 17.0. The summed E-state index contributed by atoms with van der Waals surface area (Å²) in [6.07, 6.45) is 4.76. The zero-order valence-corrected chi connectivity index (χ0v) is 14.5. The second kappa shape index (κ2) is 7.03. The lowest BCUT2D eigenvalue weighted by atomic mass is 9.96. The molecule has 0 aliphatic carbocycles. The van der Waals surface area contributed by atoms with Gasteiger partial charge in [0, 0.05) is 38.7 Å². The number of ether oxygens (including phenoxy) is 1. The summed E-state index contributed by atoms with van der Waals surface area (Å²) in [5.74, 6) is -0.339. The van der Waals surface area contributed by atoms with Gasteiger partial charge in [0.05, 0.1) is 12.6 Å². The van der Waals surface area contributed by atoms with Crippen LogP contribution in [0.2, 0.25) is 0 Å². The van der Waals surface area contributed by atoms with Crippen molar-refractivity contribution in [1.29, 1.82) is 0 Å². The van der Waals surface area contributed by atoms with Crippen molar-refractivity contribution in [3.05, 3.63) is 30.1 Å². The molecule has 0 saturated carbocycles. The zero-order chi connectivity index (χ0) is 18.0. The van der Waals surface area contributed by atoms with Crippen LogP contribution in [0.3, 0.4) is 0 Å². The number of nitrogens with zero attached hydrogens (tertiary/aromatic N) is 3. The van der Waals surface area contributed by atoms with Crippen molar-refractivity contribution in [2.45, 2.75) is 37.4 Å². The molecule has 1 N–H and O–H groups in total. The van der Waals surface area contributed by atoms with Gasteiger partial charge in [0.25, 0.3) is 11.8 Å². The van der Waals surface area contributed by atoms with Crippen LogP contribution in [-0.2, 0) is 14.4 Å². The molecule has 0 aromatic carbocycles. The highest BCUT2D eigenvalue weighted by Crippen LogP contribution is 2.34. The Bertz CT molecular complexity index is 717. The number of carbonyl (C=O) groups excluding carboxylic acids is 2. The number of hydrogen-bond donors (Lipinski definition) is 1. The molecule has 2 saturated heterocycles. The van der Waals surface area contributed by atoms with E-state index in [1.54, 1.807) is 29.3 Å². The first-order valence-corrected chi connectivity index (χ1v) is 9.00. The molecule has 1 aromatic heterocycles. The quantitative estimate of drug-likeness (QED) is 0.857. The van der Waals surface area contributed by atoms with Crippen molar-refractivity contribution >= 4 is 17.5 Å². The van der Waals surface area contributed by atoms with Gasteiger partial charge in [0.2, 0.25) is 0 Å². The second-order valence-corrected chi connectivity index (χ2v) is 7.03. The fourth-order valence-electron chi connectivity index (χ4n) is 3.65. The Morgan fingerprint density at radius 1 is 1.38 bits per heavy atom. The molecule has 3 aliphatic heterocycles. The van der Waals surface area contributed by atoms with Crippen LogP contribution in [0.4, 0.5) is 0 Å². The minimum atomic E-state index is -0.596. The molecule has 0 radical (unpaired) electrons. The Morgan fingerprint density at radius 3 is 3.08 bits per heavy atom. The van der Waals surface area contributed by atoms with Crippen molar-refractivity contribution < 1.29 is 19.2 Å². The summed E-state index contributed by atoms with van der Waals surface area (Å²) in [4.78, 5) is 36.3. The van der Waals surface area contributed by atoms with Crippen LogP contribution in [0.1, 0.15) is 36.2 Å². The number of rotatable bonds is 4. The first-order valence-electron chi connectivity index (χ1n) is 9.00. The van der Waals surface area contributed by atoms with E-state index in [2.05, 4.69) is 15.5 Å². The van der Waals surface area contributed by atoms with Gasteiger partial charge in [-0.3, -0.25) is 14.6 Å². The van der Waals surface area contributed by atoms with E-state index in [0.717, 1.165) is 19.4 Å². The molecule has 4 rings (SSSR count). The fraction of sp³-hybridized carbons (Fsp3) is 0.556. The van der Waals surface area contributed by atoms with Crippen molar-refractivity contribution in [3.8, 4) is 0 Å². The smallest absolute Gasteiger partial charge is 0.272 e. The molecule has 1 spiro atoms. The van der Waals surface area contributed by atoms with Gasteiger partial charge < -0.3 is 19.8 Å². The monoisotopic (exact) mass is 358 g/mol. The highest BCUT2D eigenvalue weighted by atomic mass is 16.7. The molecule has 2 amide bonds. The molecule has 4 heterocycles. The molecule has 1 aromatic rings. The summed E-state index contributed by atoms with van der Waals surface area (Å²) < 4.78 is 5.51. The van der Waals surface area contributed by atoms with E-state index in [0.29, 0.717) is 43.9 Å². The number of pyridine rings is 1. The Kier molecular flexibility index (Phi) is 4.58. The minimum Gasteiger partial charge on any atom is -0.386 e. The molecule has 3 aliphatic rings. The molecule has 26 heavy (non-hydrogen) atoms. The number of carbonyl (C=O) groups is 2. The highest BCUT2D eigenvalue weighted by molar-refractivity contribution is 6.39. The number of oxime groups is 1. The molecule has 8 nitrogen and oxygen atoms in total. The SMILES string of the molecule is O=C(NC[C@H]1CCCO1)C1=NO[C@]2(CCN(C(=O)c3ccccn3)C2)C1.